The van der Waals surface area contributed by atoms with Gasteiger partial charge in [-0.2, -0.15) is 8.42 Å². The minimum absolute atomic E-state index is 0. The first kappa shape index (κ1) is 51.3. The van der Waals surface area contributed by atoms with Gasteiger partial charge in [0.1, 0.15) is 0 Å². The maximum atomic E-state index is 11.9. The number of nitrogens with one attached hydrogen (secondary N) is 1. The van der Waals surface area contributed by atoms with Gasteiger partial charge in [0, 0.05) is 144 Å². The van der Waals surface area contributed by atoms with Crippen molar-refractivity contribution in [1.29, 1.82) is 0 Å². The maximum absolute atomic E-state index is 11.9. The van der Waals surface area contributed by atoms with Crippen LogP contribution in [0.1, 0.15) is 64.7 Å². The van der Waals surface area contributed by atoms with Gasteiger partial charge in [-0.15, -0.1) is 0 Å². The molecule has 18 heteroatoms. The number of hydrogen-bond acceptors (Lipinski definition) is 8. The van der Waals surface area contributed by atoms with Crippen LogP contribution in [0.3, 0.4) is 0 Å². The molecule has 0 heterocycles. The molecule has 0 aromatic rings. The third-order valence-corrected chi connectivity index (χ3v) is 6.62. The van der Waals surface area contributed by atoms with Gasteiger partial charge in [-0.3, -0.25) is 33.5 Å². The molecule has 1 amide bonds. The molecule has 0 aliphatic heterocycles. The number of aliphatic carboxylic acids is 3. The number of carboxylic acid groups (broad SMARTS) is 3. The molecule has 40 heavy (non-hydrogen) atoms. The van der Waals surface area contributed by atoms with E-state index in [0.717, 1.165) is 25.7 Å². The summed E-state index contributed by atoms with van der Waals surface area (Å²) < 4.78 is 31.1. The summed E-state index contributed by atoms with van der Waals surface area (Å²) in [4.78, 5) is 48.5. The minimum atomic E-state index is -4.96. The van der Waals surface area contributed by atoms with Gasteiger partial charge in [0.25, 0.3) is 10.1 Å². The topological polar surface area (TPSA) is 202 Å². The molecule has 0 saturated carbocycles. The molecule has 0 saturated heterocycles. The molecule has 5 N–H and O–H groups in total. The number of unbranched alkanes of at least 4 members (excludes halogenated alkanes) is 7. The molecule has 4 radical (unpaired) electrons. The fourth-order valence-corrected chi connectivity index (χ4v) is 4.21. The van der Waals surface area contributed by atoms with Crippen molar-refractivity contribution in [3.05, 3.63) is 0 Å². The Morgan fingerprint density at radius 1 is 0.700 bits per heavy atom. The van der Waals surface area contributed by atoms with Crippen molar-refractivity contribution in [3.63, 3.8) is 0 Å². The van der Waals surface area contributed by atoms with Crippen LogP contribution in [-0.2, 0) is 29.3 Å². The van der Waals surface area contributed by atoms with E-state index in [1.807, 2.05) is 0 Å². The molecular formula is C22H41N3Na4O10S. The molecular weight excluding hydrogens is 590 g/mol. The van der Waals surface area contributed by atoms with Gasteiger partial charge in [-0.05, 0) is 13.0 Å². The average molecular weight is 632 g/mol. The molecule has 13 nitrogen and oxygen atoms in total. The van der Waals surface area contributed by atoms with Crippen molar-refractivity contribution in [2.45, 2.75) is 70.0 Å². The van der Waals surface area contributed by atoms with Gasteiger partial charge < -0.3 is 20.6 Å². The molecule has 214 valence electrons. The number of hydrogen-bond donors (Lipinski definition) is 5. The Balaban J connectivity index is -0.00000102. The van der Waals surface area contributed by atoms with Crippen LogP contribution in [-0.4, -0.2) is 231 Å². The van der Waals surface area contributed by atoms with Crippen LogP contribution in [0, 0.1) is 0 Å². The monoisotopic (exact) mass is 631 g/mol. The predicted molar refractivity (Wildman–Crippen MR) is 154 cm³/mol. The number of carbonyl (C=O) groups excluding carboxylic acids is 1. The smallest absolute Gasteiger partial charge is 0.324 e. The van der Waals surface area contributed by atoms with Gasteiger partial charge in [-0.25, -0.2) is 0 Å². The predicted octanol–water partition coefficient (Wildman–Crippen LogP) is -0.776. The standard InChI is InChI=1S/C22H41N3O10S.4Na/c1-2-3-4-5-6-7-8-9-11-24(16-20(27)28)13-14-25(17-21(29)30)12-10-23-19(26)15-18(22(31)32)36(33,34)35;;;;/h18H,2-17H2,1H3,(H,23,26)(H,27,28)(H,29,30)(H,31,32)(H,33,34,35);;;;. The zero-order valence-electron chi connectivity index (χ0n) is 24.9. The quantitative estimate of drug-likeness (QED) is 0.0536. The van der Waals surface area contributed by atoms with E-state index in [1.165, 1.54) is 30.6 Å². The summed E-state index contributed by atoms with van der Waals surface area (Å²) in [6.07, 6.45) is 7.89. The molecule has 0 aliphatic rings. The van der Waals surface area contributed by atoms with Gasteiger partial charge in [0.15, 0.2) is 5.25 Å². The fraction of sp³-hybridized carbons (Fsp3) is 0.818. The molecule has 0 aromatic carbocycles. The van der Waals surface area contributed by atoms with E-state index in [1.54, 1.807) is 4.90 Å². The SMILES string of the molecule is CCCCCCCCCCN(CCN(CCNC(=O)CC(C(=O)O)S(=O)(=O)O)CC(=O)O)CC(=O)O.[Na].[Na].[Na].[Na]. The van der Waals surface area contributed by atoms with Crippen LogP contribution in [0.5, 0.6) is 0 Å². The number of carboxylic acids is 3. The van der Waals surface area contributed by atoms with Crippen molar-refractivity contribution in [1.82, 2.24) is 15.1 Å². The summed E-state index contributed by atoms with van der Waals surface area (Å²) in [6.45, 7) is 2.65. The van der Waals surface area contributed by atoms with Crippen LogP contribution < -0.4 is 5.32 Å². The molecule has 0 spiro atoms. The summed E-state index contributed by atoms with van der Waals surface area (Å²) in [6, 6.07) is 0. The Morgan fingerprint density at radius 2 is 1.12 bits per heavy atom. The molecule has 0 aliphatic carbocycles. The van der Waals surface area contributed by atoms with Crippen LogP contribution in [0.2, 0.25) is 0 Å². The molecule has 0 aromatic heterocycles. The first-order valence-corrected chi connectivity index (χ1v) is 13.7. The largest absolute Gasteiger partial charge is 0.480 e. The third-order valence-electron chi connectivity index (χ3n) is 5.53. The second kappa shape index (κ2) is 30.7. The molecule has 0 fully saturated rings. The van der Waals surface area contributed by atoms with Crippen molar-refractivity contribution >= 4 is 152 Å². The molecule has 1 unspecified atom stereocenters. The Hall–Kier alpha value is 1.71. The van der Waals surface area contributed by atoms with Gasteiger partial charge in [0.2, 0.25) is 5.91 Å². The van der Waals surface area contributed by atoms with Gasteiger partial charge >= 0.3 is 17.9 Å². The number of rotatable bonds is 23. The molecule has 1 atom stereocenters. The van der Waals surface area contributed by atoms with Crippen LogP contribution >= 0.6 is 0 Å². The Morgan fingerprint density at radius 3 is 1.52 bits per heavy atom. The van der Waals surface area contributed by atoms with E-state index in [2.05, 4.69) is 12.2 Å². The van der Waals surface area contributed by atoms with Gasteiger partial charge in [-0.1, -0.05) is 51.9 Å². The molecule has 0 bridgehead atoms. The Kier molecular flexibility index (Phi) is 39.4. The van der Waals surface area contributed by atoms with E-state index in [0.29, 0.717) is 13.1 Å². The second-order valence-corrected chi connectivity index (χ2v) is 10.3. The summed E-state index contributed by atoms with van der Waals surface area (Å²) in [5, 5.41) is 27.2. The summed E-state index contributed by atoms with van der Waals surface area (Å²) >= 11 is 0. The van der Waals surface area contributed by atoms with Crippen molar-refractivity contribution in [3.8, 4) is 0 Å². The maximum Gasteiger partial charge on any atom is 0.324 e. The number of amides is 1. The summed E-state index contributed by atoms with van der Waals surface area (Å²) in [5.74, 6) is -4.91. The third kappa shape index (κ3) is 29.8. The van der Waals surface area contributed by atoms with Crippen molar-refractivity contribution in [2.24, 2.45) is 0 Å². The van der Waals surface area contributed by atoms with Crippen LogP contribution in [0.15, 0.2) is 0 Å². The van der Waals surface area contributed by atoms with Crippen LogP contribution in [0.4, 0.5) is 0 Å². The summed E-state index contributed by atoms with van der Waals surface area (Å²) in [5.41, 5.74) is 0. The zero-order chi connectivity index (χ0) is 27.6. The fourth-order valence-electron chi connectivity index (χ4n) is 3.59. The first-order valence-electron chi connectivity index (χ1n) is 12.2. The second-order valence-electron chi connectivity index (χ2n) is 8.71. The van der Waals surface area contributed by atoms with E-state index in [9.17, 15) is 32.7 Å². The van der Waals surface area contributed by atoms with Crippen molar-refractivity contribution in [2.75, 3.05) is 45.8 Å². The summed E-state index contributed by atoms with van der Waals surface area (Å²) in [7, 11) is -4.96. The Labute approximate surface area is 326 Å². The van der Waals surface area contributed by atoms with E-state index in [4.69, 9.17) is 14.8 Å². The molecule has 0 rings (SSSR count). The number of carbonyl (C=O) groups is 4. The Bertz CT molecular complexity index is 810. The van der Waals surface area contributed by atoms with E-state index >= 15 is 0 Å². The average Bonchev–Trinajstić information content (AvgIpc) is 2.75. The number of nitrogens with zero attached hydrogens (tertiary/aromatic N) is 2. The zero-order valence-corrected chi connectivity index (χ0v) is 33.7. The minimum Gasteiger partial charge on any atom is -0.480 e. The van der Waals surface area contributed by atoms with E-state index in [-0.39, 0.29) is 151 Å². The van der Waals surface area contributed by atoms with Crippen molar-refractivity contribution < 1.29 is 47.5 Å². The van der Waals surface area contributed by atoms with Crippen LogP contribution in [0.25, 0.3) is 0 Å². The van der Waals surface area contributed by atoms with Gasteiger partial charge in [0.05, 0.1) is 19.5 Å². The normalized spacial score (nSPS) is 11.3. The first-order chi connectivity index (χ1) is 16.9. The van der Waals surface area contributed by atoms with E-state index < -0.39 is 45.6 Å².